The van der Waals surface area contributed by atoms with Gasteiger partial charge in [-0.3, -0.25) is 4.79 Å². The fourth-order valence-electron chi connectivity index (χ4n) is 4.47. The Bertz CT molecular complexity index is 549. The van der Waals surface area contributed by atoms with Crippen LogP contribution in [0.5, 0.6) is 0 Å². The summed E-state index contributed by atoms with van der Waals surface area (Å²) in [7, 11) is 0. The highest BCUT2D eigenvalue weighted by Gasteiger charge is 2.53. The number of hydrogen-bond acceptors (Lipinski definition) is 3. The zero-order valence-corrected chi connectivity index (χ0v) is 14.6. The van der Waals surface area contributed by atoms with Gasteiger partial charge in [-0.05, 0) is 25.7 Å². The zero-order chi connectivity index (χ0) is 18.9. The number of halogens is 3. The fraction of sp³-hybridized carbons (Fsp3) is 0.882. The molecular formula is C17H25F3N2O4. The van der Waals surface area contributed by atoms with Crippen molar-refractivity contribution < 1.29 is 32.6 Å². The second-order valence-corrected chi connectivity index (χ2v) is 7.71. The molecule has 0 radical (unpaired) electrons. The van der Waals surface area contributed by atoms with Crippen molar-refractivity contribution in [2.24, 2.45) is 11.8 Å². The quantitative estimate of drug-likeness (QED) is 0.792. The van der Waals surface area contributed by atoms with Crippen LogP contribution < -0.4 is 5.32 Å². The predicted octanol–water partition coefficient (Wildman–Crippen LogP) is 2.77. The molecule has 2 aliphatic heterocycles. The van der Waals surface area contributed by atoms with Crippen molar-refractivity contribution >= 4 is 12.0 Å². The van der Waals surface area contributed by atoms with E-state index in [1.54, 1.807) is 0 Å². The van der Waals surface area contributed by atoms with E-state index in [1.807, 2.05) is 0 Å². The third kappa shape index (κ3) is 4.07. The lowest BCUT2D eigenvalue weighted by Gasteiger charge is -2.33. The van der Waals surface area contributed by atoms with Crippen LogP contribution >= 0.6 is 0 Å². The van der Waals surface area contributed by atoms with E-state index in [9.17, 15) is 22.8 Å². The molecule has 1 saturated carbocycles. The number of hydrogen-bond donors (Lipinski definition) is 2. The second kappa shape index (κ2) is 7.25. The molecule has 1 spiro atoms. The number of likely N-dealkylation sites (tertiary alicyclic amines) is 1. The van der Waals surface area contributed by atoms with Crippen molar-refractivity contribution in [1.29, 1.82) is 0 Å². The van der Waals surface area contributed by atoms with Gasteiger partial charge in [-0.1, -0.05) is 19.3 Å². The molecule has 1 unspecified atom stereocenters. The van der Waals surface area contributed by atoms with Gasteiger partial charge in [-0.2, -0.15) is 13.2 Å². The first-order valence-corrected chi connectivity index (χ1v) is 9.20. The van der Waals surface area contributed by atoms with Gasteiger partial charge < -0.3 is 20.1 Å². The molecule has 3 rings (SSSR count). The predicted molar refractivity (Wildman–Crippen MR) is 85.6 cm³/mol. The van der Waals surface area contributed by atoms with Crippen LogP contribution in [0.4, 0.5) is 18.0 Å². The molecule has 3 atom stereocenters. The van der Waals surface area contributed by atoms with Crippen molar-refractivity contribution in [3.05, 3.63) is 0 Å². The summed E-state index contributed by atoms with van der Waals surface area (Å²) in [5.74, 6) is -5.17. The lowest BCUT2D eigenvalue weighted by atomic mass is 9.83. The summed E-state index contributed by atoms with van der Waals surface area (Å²) in [6, 6.07) is -0.656. The lowest BCUT2D eigenvalue weighted by Crippen LogP contribution is -2.43. The van der Waals surface area contributed by atoms with Crippen molar-refractivity contribution in [1.82, 2.24) is 10.2 Å². The van der Waals surface area contributed by atoms with E-state index in [0.29, 0.717) is 0 Å². The van der Waals surface area contributed by atoms with Crippen LogP contribution in [-0.2, 0) is 9.53 Å². The Morgan fingerprint density at radius 2 is 1.85 bits per heavy atom. The number of nitrogens with one attached hydrogen (secondary N) is 1. The smallest absolute Gasteiger partial charge is 0.394 e. The Kier molecular flexibility index (Phi) is 5.37. The number of rotatable bonds is 3. The molecule has 2 saturated heterocycles. The van der Waals surface area contributed by atoms with E-state index < -0.39 is 43.1 Å². The molecular weight excluding hydrogens is 353 g/mol. The number of ether oxygens (including phenoxy) is 1. The van der Waals surface area contributed by atoms with Crippen LogP contribution in [0.3, 0.4) is 0 Å². The number of carbonyl (C=O) groups is 2. The summed E-state index contributed by atoms with van der Waals surface area (Å²) in [5.41, 5.74) is -0.0862. The molecule has 0 bridgehead atoms. The highest BCUT2D eigenvalue weighted by Crippen LogP contribution is 2.42. The van der Waals surface area contributed by atoms with Crippen LogP contribution in [0.25, 0.3) is 0 Å². The monoisotopic (exact) mass is 378 g/mol. The third-order valence-corrected chi connectivity index (χ3v) is 5.93. The molecule has 26 heavy (non-hydrogen) atoms. The number of alkyl halides is 3. The van der Waals surface area contributed by atoms with Gasteiger partial charge in [-0.15, -0.1) is 0 Å². The molecule has 2 N–H and O–H groups in total. The second-order valence-electron chi connectivity index (χ2n) is 7.71. The highest BCUT2D eigenvalue weighted by molar-refractivity contribution is 5.77. The normalized spacial score (nSPS) is 31.3. The molecule has 0 aromatic heterocycles. The summed E-state index contributed by atoms with van der Waals surface area (Å²) in [6.45, 7) is -0.811. The lowest BCUT2D eigenvalue weighted by molar-refractivity contribution is -0.187. The van der Waals surface area contributed by atoms with Gasteiger partial charge in [0.05, 0.1) is 23.5 Å². The van der Waals surface area contributed by atoms with Crippen LogP contribution in [0.2, 0.25) is 0 Å². The van der Waals surface area contributed by atoms with Crippen LogP contribution in [0.15, 0.2) is 0 Å². The molecule has 3 fully saturated rings. The van der Waals surface area contributed by atoms with E-state index in [4.69, 9.17) is 9.84 Å². The molecule has 0 aromatic rings. The summed E-state index contributed by atoms with van der Waals surface area (Å²) < 4.78 is 45.1. The van der Waals surface area contributed by atoms with E-state index in [1.165, 1.54) is 6.42 Å². The van der Waals surface area contributed by atoms with E-state index in [-0.39, 0.29) is 18.2 Å². The molecule has 6 nitrogen and oxygen atoms in total. The average Bonchev–Trinajstić information content (AvgIpc) is 3.18. The topological polar surface area (TPSA) is 78.9 Å². The molecule has 2 amide bonds. The average molecular weight is 378 g/mol. The first-order chi connectivity index (χ1) is 12.2. The largest absolute Gasteiger partial charge is 0.481 e. The Balaban J connectivity index is 1.50. The maximum Gasteiger partial charge on any atom is 0.394 e. The van der Waals surface area contributed by atoms with Crippen molar-refractivity contribution in [2.45, 2.75) is 62.8 Å². The van der Waals surface area contributed by atoms with Crippen LogP contribution in [0, 0.1) is 11.8 Å². The van der Waals surface area contributed by atoms with Crippen LogP contribution in [0.1, 0.15) is 44.9 Å². The van der Waals surface area contributed by atoms with E-state index >= 15 is 0 Å². The first kappa shape index (κ1) is 19.3. The molecule has 0 aromatic carbocycles. The van der Waals surface area contributed by atoms with Crippen molar-refractivity contribution in [2.75, 3.05) is 19.6 Å². The van der Waals surface area contributed by atoms with Crippen molar-refractivity contribution in [3.8, 4) is 0 Å². The summed E-state index contributed by atoms with van der Waals surface area (Å²) >= 11 is 0. The Labute approximate surface area is 150 Å². The minimum absolute atomic E-state index is 0.0862. The maximum atomic E-state index is 13.0. The number of aliphatic carboxylic acids is 1. The Hall–Kier alpha value is -1.51. The van der Waals surface area contributed by atoms with Gasteiger partial charge in [0.25, 0.3) is 0 Å². The summed E-state index contributed by atoms with van der Waals surface area (Å²) in [6.07, 6.45) is 2.55. The molecule has 3 aliphatic rings. The van der Waals surface area contributed by atoms with E-state index in [0.717, 1.165) is 43.4 Å². The number of amides is 2. The number of urea groups is 1. The fourth-order valence-corrected chi connectivity index (χ4v) is 4.47. The third-order valence-electron chi connectivity index (χ3n) is 5.93. The van der Waals surface area contributed by atoms with Gasteiger partial charge in [-0.25, -0.2) is 4.79 Å². The highest BCUT2D eigenvalue weighted by atomic mass is 19.4. The number of carbonyl (C=O) groups excluding carboxylic acids is 1. The maximum absolute atomic E-state index is 13.0. The Morgan fingerprint density at radius 3 is 2.42 bits per heavy atom. The minimum atomic E-state index is -4.64. The van der Waals surface area contributed by atoms with Gasteiger partial charge in [0.1, 0.15) is 0 Å². The molecule has 148 valence electrons. The van der Waals surface area contributed by atoms with Gasteiger partial charge >= 0.3 is 18.2 Å². The van der Waals surface area contributed by atoms with Gasteiger partial charge in [0.15, 0.2) is 0 Å². The SMILES string of the molecule is O=C(O)[C@@H]1CN(C(=O)NCC2CCC3(CCCCC3)O2)C[C@H]1C(F)(F)F. The minimum Gasteiger partial charge on any atom is -0.481 e. The van der Waals surface area contributed by atoms with Gasteiger partial charge in [0.2, 0.25) is 0 Å². The summed E-state index contributed by atoms with van der Waals surface area (Å²) in [5, 5.41) is 11.6. The van der Waals surface area contributed by atoms with E-state index in [2.05, 4.69) is 5.32 Å². The molecule has 2 heterocycles. The molecule has 1 aliphatic carbocycles. The van der Waals surface area contributed by atoms with Crippen molar-refractivity contribution in [3.63, 3.8) is 0 Å². The number of carboxylic acid groups (broad SMARTS) is 1. The standard InChI is InChI=1S/C17H25F3N2O4/c18-17(19,20)13-10-22(9-12(13)14(23)24)15(25)21-8-11-4-7-16(26-11)5-2-1-3-6-16/h11-13H,1-10H2,(H,21,25)(H,23,24)/t11?,12-,13-/m1/s1. The Morgan fingerprint density at radius 1 is 1.15 bits per heavy atom. The van der Waals surface area contributed by atoms with Crippen LogP contribution in [-0.4, -0.2) is 59.5 Å². The molecule has 9 heteroatoms. The first-order valence-electron chi connectivity index (χ1n) is 9.20. The summed E-state index contributed by atoms with van der Waals surface area (Å²) in [4.78, 5) is 24.2. The number of nitrogens with zero attached hydrogens (tertiary/aromatic N) is 1. The van der Waals surface area contributed by atoms with Gasteiger partial charge in [0, 0.05) is 19.6 Å². The number of carboxylic acids is 1. The zero-order valence-electron chi connectivity index (χ0n) is 14.6.